The van der Waals surface area contributed by atoms with Crippen LogP contribution in [0.3, 0.4) is 0 Å². The number of rotatable bonds is 11. The SMILES string of the molecule is c1ccc(-c2cc(-c3ccc(-c4ccccc4-c4cc(-c5ccccc5-c5ccc(-c6ccccn6)cc5)cc(-c5ccccc5-c5ccc(-c6ccccn6)cc5)c4)c(-c4ccc5c(c4)sc4ccccc45)c3)nc3ccccc23)cc1. The molecule has 0 amide bonds. The summed E-state index contributed by atoms with van der Waals surface area (Å²) in [6.07, 6.45) is 3.70. The first-order valence-electron chi connectivity index (χ1n) is 28.1. The van der Waals surface area contributed by atoms with Gasteiger partial charge in [0.05, 0.1) is 22.6 Å². The molecule has 4 aromatic heterocycles. The van der Waals surface area contributed by atoms with E-state index in [0.717, 1.165) is 134 Å². The summed E-state index contributed by atoms with van der Waals surface area (Å²) in [7, 11) is 0. The summed E-state index contributed by atoms with van der Waals surface area (Å²) in [6.45, 7) is 0. The van der Waals surface area contributed by atoms with Gasteiger partial charge >= 0.3 is 0 Å². The van der Waals surface area contributed by atoms with E-state index in [1.54, 1.807) is 0 Å². The van der Waals surface area contributed by atoms with E-state index in [4.69, 9.17) is 4.98 Å². The zero-order valence-corrected chi connectivity index (χ0v) is 46.0. The molecule has 0 N–H and O–H groups in total. The fourth-order valence-corrected chi connectivity index (χ4v) is 13.1. The van der Waals surface area contributed by atoms with E-state index >= 15 is 0 Å². The van der Waals surface area contributed by atoms with Crippen LogP contribution in [-0.4, -0.2) is 15.0 Å². The number of hydrogen-bond acceptors (Lipinski definition) is 4. The van der Waals surface area contributed by atoms with Gasteiger partial charge < -0.3 is 0 Å². The Kier molecular flexibility index (Phi) is 12.8. The van der Waals surface area contributed by atoms with Crippen LogP contribution in [0.2, 0.25) is 0 Å². The first kappa shape index (κ1) is 49.4. The third-order valence-corrected chi connectivity index (χ3v) is 17.2. The van der Waals surface area contributed by atoms with Crippen molar-refractivity contribution in [1.82, 2.24) is 15.0 Å². The normalized spacial score (nSPS) is 11.4. The minimum atomic E-state index is 0.930. The molecule has 0 saturated carbocycles. The van der Waals surface area contributed by atoms with Gasteiger partial charge in [-0.05, 0) is 162 Å². The average Bonchev–Trinajstić information content (AvgIpc) is 4.21. The van der Waals surface area contributed by atoms with Crippen LogP contribution in [0, 0.1) is 0 Å². The maximum Gasteiger partial charge on any atom is 0.0716 e. The summed E-state index contributed by atoms with van der Waals surface area (Å²) >= 11 is 1.85. The molecule has 11 aromatic carbocycles. The lowest BCUT2D eigenvalue weighted by atomic mass is 9.84. The lowest BCUT2D eigenvalue weighted by Gasteiger charge is -2.19. The quantitative estimate of drug-likeness (QED) is 0.130. The van der Waals surface area contributed by atoms with Crippen molar-refractivity contribution >= 4 is 42.4 Å². The molecule has 4 heterocycles. The summed E-state index contributed by atoms with van der Waals surface area (Å²) < 4.78 is 2.55. The maximum absolute atomic E-state index is 5.38. The third kappa shape index (κ3) is 9.47. The van der Waals surface area contributed by atoms with Gasteiger partial charge in [-0.2, -0.15) is 0 Å². The highest BCUT2D eigenvalue weighted by Crippen LogP contribution is 2.46. The van der Waals surface area contributed by atoms with Gasteiger partial charge in [0.1, 0.15) is 0 Å². The molecule has 388 valence electrons. The van der Waals surface area contributed by atoms with E-state index < -0.39 is 0 Å². The molecule has 0 fully saturated rings. The van der Waals surface area contributed by atoms with Crippen molar-refractivity contribution in [3.05, 3.63) is 310 Å². The highest BCUT2D eigenvalue weighted by Gasteiger charge is 2.20. The van der Waals surface area contributed by atoms with Crippen molar-refractivity contribution < 1.29 is 0 Å². The second-order valence-corrected chi connectivity index (χ2v) is 22.1. The Hall–Kier alpha value is -10.7. The predicted octanol–water partition coefficient (Wildman–Crippen LogP) is 21.7. The molecule has 0 aliphatic carbocycles. The molecule has 0 aliphatic heterocycles. The first-order chi connectivity index (χ1) is 41.1. The summed E-state index contributed by atoms with van der Waals surface area (Å²) in [6, 6.07) is 108. The third-order valence-electron chi connectivity index (χ3n) is 16.1. The smallest absolute Gasteiger partial charge is 0.0716 e. The minimum absolute atomic E-state index is 0.930. The number of benzene rings is 11. The maximum atomic E-state index is 5.38. The molecule has 4 heteroatoms. The van der Waals surface area contributed by atoms with Crippen molar-refractivity contribution in [2.45, 2.75) is 0 Å². The van der Waals surface area contributed by atoms with Crippen LogP contribution in [0.15, 0.2) is 310 Å². The standard InChI is InChI=1S/C79H51N3S/c1-2-18-52(19-3-1)73-51-77(82-76-30-12-10-26-69(73)76)58-41-42-68(72(49-58)57-40-43-71-70-27-11-13-31-78(70)83-79(71)50-57)67-25-9-8-24-66(67)61-47-59(64-22-6-4-20-62(64)53-32-36-55(37-33-53)74-28-14-16-44-80-74)46-60(48-61)65-23-7-5-21-63(65)54-34-38-56(39-35-54)75-29-15-17-45-81-75/h1-51H. The fourth-order valence-electron chi connectivity index (χ4n) is 12.0. The van der Waals surface area contributed by atoms with Gasteiger partial charge in [0, 0.05) is 54.6 Å². The Morgan fingerprint density at radius 2 is 0.639 bits per heavy atom. The van der Waals surface area contributed by atoms with Gasteiger partial charge in [0.25, 0.3) is 0 Å². The topological polar surface area (TPSA) is 38.7 Å². The largest absolute Gasteiger partial charge is 0.256 e. The monoisotopic (exact) mass is 1070 g/mol. The van der Waals surface area contributed by atoms with Crippen LogP contribution in [0.4, 0.5) is 0 Å². The van der Waals surface area contributed by atoms with Crippen LogP contribution in [0.5, 0.6) is 0 Å². The van der Waals surface area contributed by atoms with Gasteiger partial charge in [-0.1, -0.05) is 224 Å². The minimum Gasteiger partial charge on any atom is -0.256 e. The molecule has 0 unspecified atom stereocenters. The number of nitrogens with zero attached hydrogens (tertiary/aromatic N) is 3. The molecule has 15 aromatic rings. The number of thiophene rings is 1. The van der Waals surface area contributed by atoms with E-state index in [9.17, 15) is 0 Å². The van der Waals surface area contributed by atoms with Gasteiger partial charge in [0.2, 0.25) is 0 Å². The van der Waals surface area contributed by atoms with Crippen molar-refractivity contribution in [1.29, 1.82) is 0 Å². The van der Waals surface area contributed by atoms with E-state index in [0.29, 0.717) is 0 Å². The predicted molar refractivity (Wildman–Crippen MR) is 350 cm³/mol. The van der Waals surface area contributed by atoms with E-state index in [1.807, 2.05) is 48.0 Å². The lowest BCUT2D eigenvalue weighted by molar-refractivity contribution is 1.33. The highest BCUT2D eigenvalue weighted by molar-refractivity contribution is 7.25. The Morgan fingerprint density at radius 3 is 1.23 bits per heavy atom. The van der Waals surface area contributed by atoms with Gasteiger partial charge in [-0.15, -0.1) is 11.3 Å². The molecule has 3 nitrogen and oxygen atoms in total. The molecule has 0 bridgehead atoms. The Balaban J connectivity index is 0.927. The number of para-hydroxylation sites is 1. The van der Waals surface area contributed by atoms with E-state index in [-0.39, 0.29) is 0 Å². The van der Waals surface area contributed by atoms with Gasteiger partial charge in [-0.3, -0.25) is 9.97 Å². The molecule has 0 spiro atoms. The molecular weight excluding hydrogens is 1020 g/mol. The second kappa shape index (κ2) is 21.4. The number of aromatic nitrogens is 3. The van der Waals surface area contributed by atoms with Crippen LogP contribution in [0.1, 0.15) is 0 Å². The van der Waals surface area contributed by atoms with E-state index in [1.165, 1.54) is 20.2 Å². The zero-order chi connectivity index (χ0) is 55.1. The Morgan fingerprint density at radius 1 is 0.205 bits per heavy atom. The van der Waals surface area contributed by atoms with Crippen LogP contribution in [0.25, 0.3) is 154 Å². The Labute approximate surface area is 486 Å². The highest BCUT2D eigenvalue weighted by atomic mass is 32.1. The zero-order valence-electron chi connectivity index (χ0n) is 45.2. The van der Waals surface area contributed by atoms with Crippen molar-refractivity contribution in [2.75, 3.05) is 0 Å². The molecule has 0 atom stereocenters. The number of hydrogen-bond donors (Lipinski definition) is 0. The van der Waals surface area contributed by atoms with Crippen molar-refractivity contribution in [3.63, 3.8) is 0 Å². The van der Waals surface area contributed by atoms with Crippen molar-refractivity contribution in [3.8, 4) is 123 Å². The summed E-state index contributed by atoms with van der Waals surface area (Å²) in [4.78, 5) is 14.7. The van der Waals surface area contributed by atoms with Gasteiger partial charge in [0.15, 0.2) is 0 Å². The van der Waals surface area contributed by atoms with Gasteiger partial charge in [-0.25, -0.2) is 4.98 Å². The molecular formula is C79H51N3S. The Bertz CT molecular complexity index is 4730. The van der Waals surface area contributed by atoms with Crippen LogP contribution < -0.4 is 0 Å². The average molecular weight is 1070 g/mol. The molecule has 83 heavy (non-hydrogen) atoms. The van der Waals surface area contributed by atoms with E-state index in [2.05, 4.69) is 283 Å². The number of pyridine rings is 3. The second-order valence-electron chi connectivity index (χ2n) is 21.0. The number of fused-ring (bicyclic) bond motifs is 4. The molecule has 0 saturated heterocycles. The lowest BCUT2D eigenvalue weighted by Crippen LogP contribution is -1.94. The van der Waals surface area contributed by atoms with Crippen LogP contribution >= 0.6 is 11.3 Å². The summed E-state index contributed by atoms with van der Waals surface area (Å²) in [5, 5.41) is 3.69. The van der Waals surface area contributed by atoms with Crippen molar-refractivity contribution in [2.24, 2.45) is 0 Å². The summed E-state index contributed by atoms with van der Waals surface area (Å²) in [5.74, 6) is 0. The fraction of sp³-hybridized carbons (Fsp3) is 0. The summed E-state index contributed by atoms with van der Waals surface area (Å²) in [5.41, 5.74) is 25.3. The molecule has 0 aliphatic rings. The van der Waals surface area contributed by atoms with Crippen LogP contribution in [-0.2, 0) is 0 Å². The molecule has 15 rings (SSSR count). The first-order valence-corrected chi connectivity index (χ1v) is 28.9. The molecule has 0 radical (unpaired) electrons.